The Morgan fingerprint density at radius 3 is 2.87 bits per heavy atom. The largest absolute Gasteiger partial charge is 0.354 e. The molecule has 0 saturated heterocycles. The number of nitrogens with one attached hydrogen (secondary N) is 1. The predicted molar refractivity (Wildman–Crippen MR) is 63.1 cm³/mol. The molecule has 0 aliphatic carbocycles. The van der Waals surface area contributed by atoms with Gasteiger partial charge in [-0.05, 0) is 25.5 Å². The Morgan fingerprint density at radius 2 is 2.00 bits per heavy atom. The molecule has 0 aliphatic rings. The van der Waals surface area contributed by atoms with Crippen LogP contribution in [0.1, 0.15) is 11.3 Å². The molecule has 15 heavy (non-hydrogen) atoms. The molecule has 0 bridgehead atoms. The van der Waals surface area contributed by atoms with E-state index in [0.29, 0.717) is 0 Å². The van der Waals surface area contributed by atoms with Gasteiger partial charge in [-0.25, -0.2) is 0 Å². The molecule has 0 radical (unpaired) electrons. The van der Waals surface area contributed by atoms with Crippen LogP contribution in [-0.2, 0) is 0 Å². The highest BCUT2D eigenvalue weighted by molar-refractivity contribution is 6.07. The number of benzene rings is 1. The van der Waals surface area contributed by atoms with E-state index in [-0.39, 0.29) is 0 Å². The molecule has 0 spiro atoms. The van der Waals surface area contributed by atoms with Crippen molar-refractivity contribution in [3.05, 3.63) is 41.7 Å². The zero-order chi connectivity index (χ0) is 10.4. The van der Waals surface area contributed by atoms with Gasteiger partial charge in [0.25, 0.3) is 0 Å². The number of nitrogens with zero attached hydrogens (tertiary/aromatic N) is 1. The average molecular weight is 196 g/mol. The molecule has 0 aliphatic heterocycles. The Kier molecular flexibility index (Phi) is 1.60. The average Bonchev–Trinajstić information content (AvgIpc) is 2.57. The minimum absolute atomic E-state index is 1.05. The molecule has 3 aromatic rings. The van der Waals surface area contributed by atoms with Gasteiger partial charge in [-0.15, -0.1) is 0 Å². The summed E-state index contributed by atoms with van der Waals surface area (Å²) in [5.74, 6) is 0. The van der Waals surface area contributed by atoms with Crippen molar-refractivity contribution < 1.29 is 0 Å². The lowest BCUT2D eigenvalue weighted by atomic mass is 10.1. The number of hydrogen-bond acceptors (Lipinski definition) is 1. The molecule has 2 heteroatoms. The Bertz CT molecular complexity index is 650. The first-order chi connectivity index (χ1) is 7.25. The van der Waals surface area contributed by atoms with Gasteiger partial charge in [-0.2, -0.15) is 0 Å². The molecular weight excluding hydrogens is 184 g/mol. The Balaban J connectivity index is 2.57. The summed E-state index contributed by atoms with van der Waals surface area (Å²) in [6.45, 7) is 4.13. The van der Waals surface area contributed by atoms with E-state index >= 15 is 0 Å². The van der Waals surface area contributed by atoms with E-state index in [4.69, 9.17) is 0 Å². The van der Waals surface area contributed by atoms with Crippen molar-refractivity contribution in [3.8, 4) is 0 Å². The third kappa shape index (κ3) is 1.14. The summed E-state index contributed by atoms with van der Waals surface area (Å²) in [7, 11) is 0. The van der Waals surface area contributed by atoms with E-state index in [1.165, 1.54) is 27.4 Å². The highest BCUT2D eigenvalue weighted by Crippen LogP contribution is 2.26. The molecule has 2 nitrogen and oxygen atoms in total. The lowest BCUT2D eigenvalue weighted by Gasteiger charge is -1.93. The zero-order valence-corrected chi connectivity index (χ0v) is 8.83. The van der Waals surface area contributed by atoms with Crippen molar-refractivity contribution in [2.45, 2.75) is 13.8 Å². The van der Waals surface area contributed by atoms with Gasteiger partial charge >= 0.3 is 0 Å². The van der Waals surface area contributed by atoms with Gasteiger partial charge in [0.2, 0.25) is 0 Å². The molecule has 0 amide bonds. The standard InChI is InChI=1S/C13H12N2/c1-8-4-3-5-10-11-7-14-9(2)6-12(11)15-13(8)10/h3-7,15H,1-2H3. The minimum atomic E-state index is 1.05. The van der Waals surface area contributed by atoms with Crippen molar-refractivity contribution in [1.82, 2.24) is 9.97 Å². The lowest BCUT2D eigenvalue weighted by molar-refractivity contribution is 1.22. The fourth-order valence-electron chi connectivity index (χ4n) is 2.07. The molecule has 0 unspecified atom stereocenters. The third-order valence-corrected chi connectivity index (χ3v) is 2.86. The van der Waals surface area contributed by atoms with Crippen LogP contribution in [0.2, 0.25) is 0 Å². The Morgan fingerprint density at radius 1 is 1.13 bits per heavy atom. The van der Waals surface area contributed by atoms with Gasteiger partial charge in [-0.3, -0.25) is 4.98 Å². The fraction of sp³-hybridized carbons (Fsp3) is 0.154. The summed E-state index contributed by atoms with van der Waals surface area (Å²) in [5.41, 5.74) is 4.72. The topological polar surface area (TPSA) is 28.7 Å². The van der Waals surface area contributed by atoms with Crippen LogP contribution >= 0.6 is 0 Å². The molecule has 2 heterocycles. The first-order valence-corrected chi connectivity index (χ1v) is 5.09. The maximum atomic E-state index is 4.34. The second-order valence-corrected chi connectivity index (χ2v) is 3.99. The molecule has 74 valence electrons. The van der Waals surface area contributed by atoms with Gasteiger partial charge in [0, 0.05) is 33.7 Å². The van der Waals surface area contributed by atoms with Crippen molar-refractivity contribution in [2.75, 3.05) is 0 Å². The third-order valence-electron chi connectivity index (χ3n) is 2.86. The van der Waals surface area contributed by atoms with Crippen LogP contribution in [0, 0.1) is 13.8 Å². The Labute approximate surface area is 88.0 Å². The van der Waals surface area contributed by atoms with Crippen LogP contribution in [0.4, 0.5) is 0 Å². The summed E-state index contributed by atoms with van der Waals surface area (Å²) in [6, 6.07) is 8.44. The number of H-pyrrole nitrogens is 1. The maximum absolute atomic E-state index is 4.34. The molecule has 3 rings (SSSR count). The smallest absolute Gasteiger partial charge is 0.0498 e. The SMILES string of the molecule is Cc1cc2[nH]c3c(C)cccc3c2cn1. The van der Waals surface area contributed by atoms with Gasteiger partial charge in [0.15, 0.2) is 0 Å². The molecule has 0 fully saturated rings. The highest BCUT2D eigenvalue weighted by atomic mass is 14.7. The quantitative estimate of drug-likeness (QED) is 0.587. The highest BCUT2D eigenvalue weighted by Gasteiger charge is 2.05. The number of aromatic amines is 1. The minimum Gasteiger partial charge on any atom is -0.354 e. The number of aromatic nitrogens is 2. The van der Waals surface area contributed by atoms with E-state index < -0.39 is 0 Å². The summed E-state index contributed by atoms with van der Waals surface area (Å²) in [6.07, 6.45) is 1.95. The van der Waals surface area contributed by atoms with Crippen LogP contribution in [-0.4, -0.2) is 9.97 Å². The van der Waals surface area contributed by atoms with Gasteiger partial charge in [0.05, 0.1) is 0 Å². The van der Waals surface area contributed by atoms with Crippen LogP contribution in [0.25, 0.3) is 21.8 Å². The number of para-hydroxylation sites is 1. The Hall–Kier alpha value is -1.83. The van der Waals surface area contributed by atoms with Gasteiger partial charge in [-0.1, -0.05) is 18.2 Å². The zero-order valence-electron chi connectivity index (χ0n) is 8.83. The second-order valence-electron chi connectivity index (χ2n) is 3.99. The predicted octanol–water partition coefficient (Wildman–Crippen LogP) is 3.33. The van der Waals surface area contributed by atoms with Crippen LogP contribution in [0.5, 0.6) is 0 Å². The van der Waals surface area contributed by atoms with Crippen LogP contribution in [0.3, 0.4) is 0 Å². The molecule has 1 N–H and O–H groups in total. The van der Waals surface area contributed by atoms with Crippen LogP contribution in [0.15, 0.2) is 30.5 Å². The van der Waals surface area contributed by atoms with E-state index in [2.05, 4.69) is 41.2 Å². The van der Waals surface area contributed by atoms with Crippen molar-refractivity contribution in [1.29, 1.82) is 0 Å². The first kappa shape index (κ1) is 8.48. The molecular formula is C13H12N2. The number of hydrogen-bond donors (Lipinski definition) is 1. The summed E-state index contributed by atoms with van der Waals surface area (Å²) < 4.78 is 0. The van der Waals surface area contributed by atoms with Crippen molar-refractivity contribution in [2.24, 2.45) is 0 Å². The van der Waals surface area contributed by atoms with Crippen molar-refractivity contribution in [3.63, 3.8) is 0 Å². The van der Waals surface area contributed by atoms with Gasteiger partial charge in [0.1, 0.15) is 0 Å². The van der Waals surface area contributed by atoms with Crippen molar-refractivity contribution >= 4 is 21.8 Å². The molecule has 2 aromatic heterocycles. The number of pyridine rings is 1. The normalized spacial score (nSPS) is 11.3. The summed E-state index contributed by atoms with van der Waals surface area (Å²) >= 11 is 0. The van der Waals surface area contributed by atoms with E-state index in [0.717, 1.165) is 5.69 Å². The monoisotopic (exact) mass is 196 g/mol. The number of aryl methyl sites for hydroxylation is 2. The fourth-order valence-corrected chi connectivity index (χ4v) is 2.07. The molecule has 1 aromatic carbocycles. The molecule has 0 atom stereocenters. The number of fused-ring (bicyclic) bond motifs is 3. The maximum Gasteiger partial charge on any atom is 0.0498 e. The molecule has 0 saturated carbocycles. The van der Waals surface area contributed by atoms with E-state index in [1.54, 1.807) is 0 Å². The van der Waals surface area contributed by atoms with E-state index in [1.807, 2.05) is 13.1 Å². The lowest BCUT2D eigenvalue weighted by Crippen LogP contribution is -1.77. The van der Waals surface area contributed by atoms with Crippen LogP contribution < -0.4 is 0 Å². The summed E-state index contributed by atoms with van der Waals surface area (Å²) in [5, 5.41) is 2.47. The van der Waals surface area contributed by atoms with E-state index in [9.17, 15) is 0 Å². The van der Waals surface area contributed by atoms with Gasteiger partial charge < -0.3 is 4.98 Å². The number of rotatable bonds is 0. The first-order valence-electron chi connectivity index (χ1n) is 5.09. The second kappa shape index (κ2) is 2.83. The summed E-state index contributed by atoms with van der Waals surface area (Å²) in [4.78, 5) is 7.79.